The minimum Gasteiger partial charge on any atom is -0.334 e. The van der Waals surface area contributed by atoms with Gasteiger partial charge in [0.1, 0.15) is 0 Å². The first-order valence-corrected chi connectivity index (χ1v) is 7.46. The van der Waals surface area contributed by atoms with Crippen LogP contribution in [0.3, 0.4) is 0 Å². The molecule has 1 saturated heterocycles. The summed E-state index contributed by atoms with van der Waals surface area (Å²) in [4.78, 5) is 18.7. The summed E-state index contributed by atoms with van der Waals surface area (Å²) >= 11 is 0. The van der Waals surface area contributed by atoms with Gasteiger partial charge in [0.2, 0.25) is 5.91 Å². The molecule has 0 aliphatic carbocycles. The summed E-state index contributed by atoms with van der Waals surface area (Å²) in [5.74, 6) is 0.568. The summed E-state index contributed by atoms with van der Waals surface area (Å²) in [6, 6.07) is 9.84. The average molecular weight is 283 g/mol. The van der Waals surface area contributed by atoms with Crippen molar-refractivity contribution in [3.63, 3.8) is 0 Å². The fraction of sp³-hybridized carbons (Fsp3) is 0.412. The molecular weight excluding hydrogens is 262 g/mol. The second-order valence-electron chi connectivity index (χ2n) is 6.18. The van der Waals surface area contributed by atoms with Crippen LogP contribution in [0.25, 0.3) is 10.9 Å². The molecule has 1 aromatic heterocycles. The standard InChI is InChI=1S/C17H21N3O/c1-11(2)10-20-15(21)9-14(18)17(20)13-7-3-5-12-6-4-8-19-16(12)13/h3-8,11,14,17H,9-10,18H2,1-2H3. The largest absolute Gasteiger partial charge is 0.334 e. The Labute approximate surface area is 125 Å². The fourth-order valence-electron chi connectivity index (χ4n) is 3.19. The number of nitrogens with zero attached hydrogens (tertiary/aromatic N) is 2. The highest BCUT2D eigenvalue weighted by molar-refractivity contribution is 5.85. The zero-order chi connectivity index (χ0) is 15.0. The third-order valence-corrected chi connectivity index (χ3v) is 4.02. The Balaban J connectivity index is 2.09. The van der Waals surface area contributed by atoms with Gasteiger partial charge in [-0.05, 0) is 12.0 Å². The molecule has 2 atom stereocenters. The lowest BCUT2D eigenvalue weighted by molar-refractivity contribution is -0.129. The van der Waals surface area contributed by atoms with Gasteiger partial charge in [-0.25, -0.2) is 0 Å². The van der Waals surface area contributed by atoms with E-state index in [0.717, 1.165) is 23.0 Å². The Hall–Kier alpha value is -1.94. The van der Waals surface area contributed by atoms with Gasteiger partial charge >= 0.3 is 0 Å². The number of fused-ring (bicyclic) bond motifs is 1. The topological polar surface area (TPSA) is 59.2 Å². The number of para-hydroxylation sites is 1. The van der Waals surface area contributed by atoms with E-state index in [-0.39, 0.29) is 18.0 Å². The minimum atomic E-state index is -0.163. The summed E-state index contributed by atoms with van der Waals surface area (Å²) in [6.07, 6.45) is 2.21. The van der Waals surface area contributed by atoms with Crippen molar-refractivity contribution in [3.05, 3.63) is 42.1 Å². The van der Waals surface area contributed by atoms with Crippen LogP contribution in [0.2, 0.25) is 0 Å². The van der Waals surface area contributed by atoms with Gasteiger partial charge in [0.05, 0.1) is 11.6 Å². The van der Waals surface area contributed by atoms with E-state index in [0.29, 0.717) is 12.3 Å². The SMILES string of the molecule is CC(C)CN1C(=O)CC(N)C1c1cccc2cccnc12. The van der Waals surface area contributed by atoms with Crippen LogP contribution in [0.1, 0.15) is 31.9 Å². The van der Waals surface area contributed by atoms with Crippen LogP contribution in [-0.2, 0) is 4.79 Å². The van der Waals surface area contributed by atoms with Crippen molar-refractivity contribution < 1.29 is 4.79 Å². The van der Waals surface area contributed by atoms with Crippen molar-refractivity contribution in [1.82, 2.24) is 9.88 Å². The molecule has 2 N–H and O–H groups in total. The summed E-state index contributed by atoms with van der Waals surface area (Å²) in [6.45, 7) is 4.98. The first-order valence-electron chi connectivity index (χ1n) is 7.46. The Morgan fingerprint density at radius 3 is 2.86 bits per heavy atom. The Bertz CT molecular complexity index is 663. The highest BCUT2D eigenvalue weighted by Crippen LogP contribution is 2.35. The number of carbonyl (C=O) groups is 1. The van der Waals surface area contributed by atoms with Gasteiger partial charge in [0.25, 0.3) is 0 Å². The van der Waals surface area contributed by atoms with E-state index in [1.807, 2.05) is 35.2 Å². The maximum Gasteiger partial charge on any atom is 0.224 e. The Morgan fingerprint density at radius 1 is 1.33 bits per heavy atom. The molecule has 110 valence electrons. The molecule has 1 aliphatic rings. The number of hydrogen-bond acceptors (Lipinski definition) is 3. The molecule has 3 rings (SSSR count). The maximum absolute atomic E-state index is 12.3. The molecule has 1 aliphatic heterocycles. The van der Waals surface area contributed by atoms with Crippen LogP contribution in [0, 0.1) is 5.92 Å². The molecule has 0 saturated carbocycles. The molecule has 4 nitrogen and oxygen atoms in total. The number of pyridine rings is 1. The van der Waals surface area contributed by atoms with Crippen molar-refractivity contribution in [2.24, 2.45) is 11.7 Å². The number of benzene rings is 1. The molecular formula is C17H21N3O. The molecule has 0 spiro atoms. The molecule has 1 fully saturated rings. The molecule has 4 heteroatoms. The number of rotatable bonds is 3. The number of aromatic nitrogens is 1. The van der Waals surface area contributed by atoms with Crippen molar-refractivity contribution in [1.29, 1.82) is 0 Å². The summed E-state index contributed by atoms with van der Waals surface area (Å²) in [5, 5.41) is 1.09. The van der Waals surface area contributed by atoms with E-state index < -0.39 is 0 Å². The van der Waals surface area contributed by atoms with Crippen molar-refractivity contribution in [2.45, 2.75) is 32.4 Å². The molecule has 2 unspecified atom stereocenters. The average Bonchev–Trinajstić information content (AvgIpc) is 2.72. The lowest BCUT2D eigenvalue weighted by atomic mass is 9.97. The molecule has 21 heavy (non-hydrogen) atoms. The van der Waals surface area contributed by atoms with E-state index in [1.54, 1.807) is 6.20 Å². The van der Waals surface area contributed by atoms with Crippen LogP contribution in [0.15, 0.2) is 36.5 Å². The normalized spacial score (nSPS) is 22.5. The van der Waals surface area contributed by atoms with E-state index in [2.05, 4.69) is 18.8 Å². The number of amides is 1. The van der Waals surface area contributed by atoms with Gasteiger partial charge in [0.15, 0.2) is 0 Å². The lowest BCUT2D eigenvalue weighted by Gasteiger charge is -2.29. The highest BCUT2D eigenvalue weighted by Gasteiger charge is 2.39. The van der Waals surface area contributed by atoms with E-state index >= 15 is 0 Å². The molecule has 2 heterocycles. The van der Waals surface area contributed by atoms with Gasteiger partial charge in [-0.15, -0.1) is 0 Å². The smallest absolute Gasteiger partial charge is 0.224 e. The van der Waals surface area contributed by atoms with Crippen molar-refractivity contribution in [2.75, 3.05) is 6.54 Å². The lowest BCUT2D eigenvalue weighted by Crippen LogP contribution is -2.35. The number of hydrogen-bond donors (Lipinski definition) is 1. The molecule has 1 aromatic carbocycles. The van der Waals surface area contributed by atoms with Crippen LogP contribution in [0.5, 0.6) is 0 Å². The molecule has 2 aromatic rings. The first-order chi connectivity index (χ1) is 10.1. The van der Waals surface area contributed by atoms with Gasteiger partial charge in [-0.2, -0.15) is 0 Å². The number of carbonyl (C=O) groups excluding carboxylic acids is 1. The van der Waals surface area contributed by atoms with Gasteiger partial charge in [-0.1, -0.05) is 38.1 Å². The Kier molecular flexibility index (Phi) is 3.64. The van der Waals surface area contributed by atoms with E-state index in [1.165, 1.54) is 0 Å². The highest BCUT2D eigenvalue weighted by atomic mass is 16.2. The zero-order valence-corrected chi connectivity index (χ0v) is 12.5. The fourth-order valence-corrected chi connectivity index (χ4v) is 3.19. The summed E-state index contributed by atoms with van der Waals surface area (Å²) in [7, 11) is 0. The maximum atomic E-state index is 12.3. The summed E-state index contributed by atoms with van der Waals surface area (Å²) < 4.78 is 0. The second kappa shape index (κ2) is 5.45. The monoisotopic (exact) mass is 283 g/mol. The van der Waals surface area contributed by atoms with E-state index in [4.69, 9.17) is 5.73 Å². The van der Waals surface area contributed by atoms with Crippen molar-refractivity contribution in [3.8, 4) is 0 Å². The predicted molar refractivity (Wildman–Crippen MR) is 83.6 cm³/mol. The van der Waals surface area contributed by atoms with Crippen LogP contribution < -0.4 is 5.73 Å². The quantitative estimate of drug-likeness (QED) is 0.941. The molecule has 0 bridgehead atoms. The third-order valence-electron chi connectivity index (χ3n) is 4.02. The zero-order valence-electron chi connectivity index (χ0n) is 12.5. The van der Waals surface area contributed by atoms with Gasteiger partial charge in [-0.3, -0.25) is 9.78 Å². The molecule has 1 amide bonds. The second-order valence-corrected chi connectivity index (χ2v) is 6.18. The van der Waals surface area contributed by atoms with Gasteiger partial charge < -0.3 is 10.6 Å². The van der Waals surface area contributed by atoms with E-state index in [9.17, 15) is 4.79 Å². The Morgan fingerprint density at radius 2 is 2.10 bits per heavy atom. The number of nitrogens with two attached hydrogens (primary N) is 1. The number of likely N-dealkylation sites (tertiary alicyclic amines) is 1. The van der Waals surface area contributed by atoms with Crippen LogP contribution in [-0.4, -0.2) is 28.4 Å². The summed E-state index contributed by atoms with van der Waals surface area (Å²) in [5.41, 5.74) is 8.28. The van der Waals surface area contributed by atoms with Crippen LogP contribution in [0.4, 0.5) is 0 Å². The van der Waals surface area contributed by atoms with Crippen LogP contribution >= 0.6 is 0 Å². The molecule has 0 radical (unpaired) electrons. The third kappa shape index (κ3) is 2.51. The minimum absolute atomic E-state index is 0.0708. The van der Waals surface area contributed by atoms with Crippen molar-refractivity contribution >= 4 is 16.8 Å². The predicted octanol–water partition coefficient (Wildman–Crippen LogP) is 2.49. The van der Waals surface area contributed by atoms with Gasteiger partial charge in [0, 0.05) is 36.2 Å². The first kappa shape index (κ1) is 14.0.